The lowest BCUT2D eigenvalue weighted by molar-refractivity contribution is 0.0748. The number of hydrogen-bond acceptors (Lipinski definition) is 5. The molecule has 7 heteroatoms. The van der Waals surface area contributed by atoms with Gasteiger partial charge in [0.15, 0.2) is 5.65 Å². The molecule has 0 unspecified atom stereocenters. The molecule has 1 aromatic carbocycles. The number of para-hydroxylation sites is 2. The second-order valence-corrected chi connectivity index (χ2v) is 8.85. The van der Waals surface area contributed by atoms with E-state index in [9.17, 15) is 4.79 Å². The van der Waals surface area contributed by atoms with Gasteiger partial charge in [0.25, 0.3) is 5.91 Å². The minimum absolute atomic E-state index is 0.0559. The Labute approximate surface area is 190 Å². The summed E-state index contributed by atoms with van der Waals surface area (Å²) in [6.45, 7) is 13.9. The fourth-order valence-corrected chi connectivity index (χ4v) is 4.20. The van der Waals surface area contributed by atoms with Gasteiger partial charge >= 0.3 is 0 Å². The summed E-state index contributed by atoms with van der Waals surface area (Å²) in [7, 11) is 0. The van der Waals surface area contributed by atoms with Crippen LogP contribution in [0.4, 0.5) is 5.69 Å². The Morgan fingerprint density at radius 1 is 1.09 bits per heavy atom. The van der Waals surface area contributed by atoms with E-state index in [4.69, 9.17) is 9.72 Å². The molecule has 0 N–H and O–H groups in total. The van der Waals surface area contributed by atoms with Gasteiger partial charge in [0.2, 0.25) is 0 Å². The van der Waals surface area contributed by atoms with Crippen LogP contribution in [0.3, 0.4) is 0 Å². The Balaban J connectivity index is 1.58. The number of fused-ring (bicyclic) bond motifs is 1. The molecule has 1 aliphatic rings. The Morgan fingerprint density at radius 2 is 1.81 bits per heavy atom. The first-order valence-corrected chi connectivity index (χ1v) is 11.5. The molecule has 0 radical (unpaired) electrons. The summed E-state index contributed by atoms with van der Waals surface area (Å²) in [6.07, 6.45) is 1.79. The monoisotopic (exact) mass is 435 g/mol. The number of carbonyl (C=O) groups is 1. The maximum Gasteiger partial charge on any atom is 0.254 e. The summed E-state index contributed by atoms with van der Waals surface area (Å²) in [6, 6.07) is 10.3. The lowest BCUT2D eigenvalue weighted by Gasteiger charge is -2.36. The number of rotatable bonds is 6. The minimum Gasteiger partial charge on any atom is -0.492 e. The highest BCUT2D eigenvalue weighted by Gasteiger charge is 2.27. The van der Waals surface area contributed by atoms with Crippen molar-refractivity contribution in [2.24, 2.45) is 0 Å². The van der Waals surface area contributed by atoms with Crippen LogP contribution in [0.1, 0.15) is 62.6 Å². The zero-order valence-corrected chi connectivity index (χ0v) is 19.7. The normalized spacial score (nSPS) is 14.6. The Bertz CT molecular complexity index is 1100. The number of pyridine rings is 1. The van der Waals surface area contributed by atoms with E-state index < -0.39 is 0 Å². The largest absolute Gasteiger partial charge is 0.492 e. The third-order valence-corrected chi connectivity index (χ3v) is 5.97. The van der Waals surface area contributed by atoms with Gasteiger partial charge in [-0.2, -0.15) is 5.10 Å². The predicted molar refractivity (Wildman–Crippen MR) is 128 cm³/mol. The van der Waals surface area contributed by atoms with Gasteiger partial charge < -0.3 is 14.5 Å². The van der Waals surface area contributed by atoms with E-state index in [0.29, 0.717) is 25.3 Å². The second kappa shape index (κ2) is 9.18. The molecule has 1 fully saturated rings. The molecule has 32 heavy (non-hydrogen) atoms. The first-order valence-electron chi connectivity index (χ1n) is 11.5. The lowest BCUT2D eigenvalue weighted by atomic mass is 10.0. The van der Waals surface area contributed by atoms with Gasteiger partial charge in [0, 0.05) is 37.9 Å². The molecule has 0 spiro atoms. The smallest absolute Gasteiger partial charge is 0.254 e. The summed E-state index contributed by atoms with van der Waals surface area (Å²) in [5, 5.41) is 5.35. The molecular formula is C25H33N5O2. The van der Waals surface area contributed by atoms with E-state index in [1.165, 1.54) is 0 Å². The van der Waals surface area contributed by atoms with Crippen molar-refractivity contribution in [2.75, 3.05) is 37.7 Å². The predicted octanol–water partition coefficient (Wildman–Crippen LogP) is 4.50. The van der Waals surface area contributed by atoms with Crippen LogP contribution >= 0.6 is 0 Å². The third-order valence-electron chi connectivity index (χ3n) is 5.97. The number of aromatic nitrogens is 3. The van der Waals surface area contributed by atoms with E-state index >= 15 is 0 Å². The summed E-state index contributed by atoms with van der Waals surface area (Å²) in [5.74, 6) is 1.18. The topological polar surface area (TPSA) is 63.5 Å². The lowest BCUT2D eigenvalue weighted by Crippen LogP contribution is -2.49. The molecule has 2 aromatic heterocycles. The highest BCUT2D eigenvalue weighted by Crippen LogP contribution is 2.30. The van der Waals surface area contributed by atoms with Crippen LogP contribution in [0.15, 0.2) is 36.5 Å². The molecule has 4 rings (SSSR count). The minimum atomic E-state index is 0.0559. The molecule has 3 heterocycles. The van der Waals surface area contributed by atoms with E-state index in [-0.39, 0.29) is 17.9 Å². The zero-order chi connectivity index (χ0) is 22.8. The molecule has 0 atom stereocenters. The van der Waals surface area contributed by atoms with Crippen LogP contribution in [-0.4, -0.2) is 58.4 Å². The molecule has 0 saturated carbocycles. The van der Waals surface area contributed by atoms with E-state index in [0.717, 1.165) is 41.3 Å². The SMILES string of the molecule is CCOc1ccccc1N1CCN(C(=O)c2cc(C(C)C)nc3c2cnn3C(C)C)CC1. The van der Waals surface area contributed by atoms with Gasteiger partial charge in [0.1, 0.15) is 5.75 Å². The summed E-state index contributed by atoms with van der Waals surface area (Å²) in [4.78, 5) is 22.7. The number of carbonyl (C=O) groups excluding carboxylic acids is 1. The van der Waals surface area contributed by atoms with Gasteiger partial charge in [-0.15, -0.1) is 0 Å². The molecular weight excluding hydrogens is 402 g/mol. The number of anilines is 1. The van der Waals surface area contributed by atoms with Crippen LogP contribution in [0.5, 0.6) is 5.75 Å². The first kappa shape index (κ1) is 22.1. The molecule has 170 valence electrons. The average molecular weight is 436 g/mol. The summed E-state index contributed by atoms with van der Waals surface area (Å²) >= 11 is 0. The fourth-order valence-electron chi connectivity index (χ4n) is 4.20. The van der Waals surface area contributed by atoms with Crippen molar-refractivity contribution in [3.05, 3.63) is 47.8 Å². The highest BCUT2D eigenvalue weighted by atomic mass is 16.5. The third kappa shape index (κ3) is 4.16. The highest BCUT2D eigenvalue weighted by molar-refractivity contribution is 6.05. The van der Waals surface area contributed by atoms with E-state index in [1.807, 2.05) is 40.8 Å². The van der Waals surface area contributed by atoms with Crippen LogP contribution < -0.4 is 9.64 Å². The number of hydrogen-bond donors (Lipinski definition) is 0. The van der Waals surface area contributed by atoms with E-state index in [1.54, 1.807) is 6.20 Å². The average Bonchev–Trinajstić information content (AvgIpc) is 3.23. The van der Waals surface area contributed by atoms with Crippen LogP contribution in [0.25, 0.3) is 11.0 Å². The standard InChI is InChI=1S/C25H33N5O2/c1-6-32-23-10-8-7-9-22(23)28-11-13-29(14-12-28)25(31)19-15-21(17(2)3)27-24-20(19)16-26-30(24)18(4)5/h7-10,15-18H,6,11-14H2,1-5H3. The number of piperazine rings is 1. The van der Waals surface area contributed by atoms with Gasteiger partial charge in [-0.3, -0.25) is 4.79 Å². The van der Waals surface area contributed by atoms with Crippen molar-refractivity contribution in [2.45, 2.75) is 46.6 Å². The number of nitrogens with zero attached hydrogens (tertiary/aromatic N) is 5. The number of benzene rings is 1. The second-order valence-electron chi connectivity index (χ2n) is 8.85. The van der Waals surface area contributed by atoms with Gasteiger partial charge in [-0.25, -0.2) is 9.67 Å². The van der Waals surface area contributed by atoms with E-state index in [2.05, 4.69) is 43.8 Å². The van der Waals surface area contributed by atoms with Crippen molar-refractivity contribution in [3.8, 4) is 5.75 Å². The summed E-state index contributed by atoms with van der Waals surface area (Å²) < 4.78 is 7.70. The molecule has 1 saturated heterocycles. The van der Waals surface area contributed by atoms with Gasteiger partial charge in [0.05, 0.1) is 29.4 Å². The molecule has 0 aliphatic carbocycles. The van der Waals surface area contributed by atoms with Crippen molar-refractivity contribution in [1.82, 2.24) is 19.7 Å². The maximum absolute atomic E-state index is 13.6. The van der Waals surface area contributed by atoms with Crippen molar-refractivity contribution >= 4 is 22.6 Å². The molecule has 7 nitrogen and oxygen atoms in total. The van der Waals surface area contributed by atoms with Gasteiger partial charge in [-0.1, -0.05) is 26.0 Å². The number of ether oxygens (including phenoxy) is 1. The van der Waals surface area contributed by atoms with Gasteiger partial charge in [-0.05, 0) is 44.9 Å². The molecule has 0 bridgehead atoms. The quantitative estimate of drug-likeness (QED) is 0.571. The van der Waals surface area contributed by atoms with Crippen LogP contribution in [0, 0.1) is 0 Å². The van der Waals surface area contributed by atoms with Crippen LogP contribution in [0.2, 0.25) is 0 Å². The fraction of sp³-hybridized carbons (Fsp3) is 0.480. The Morgan fingerprint density at radius 3 is 2.47 bits per heavy atom. The molecule has 1 amide bonds. The van der Waals surface area contributed by atoms with Crippen molar-refractivity contribution in [3.63, 3.8) is 0 Å². The maximum atomic E-state index is 13.6. The van der Waals surface area contributed by atoms with Crippen molar-refractivity contribution < 1.29 is 9.53 Å². The van der Waals surface area contributed by atoms with Crippen molar-refractivity contribution in [1.29, 1.82) is 0 Å². The first-order chi connectivity index (χ1) is 15.4. The Hall–Kier alpha value is -3.09. The van der Waals surface area contributed by atoms with Crippen LogP contribution in [-0.2, 0) is 0 Å². The summed E-state index contributed by atoms with van der Waals surface area (Å²) in [5.41, 5.74) is 3.51. The molecule has 3 aromatic rings. The zero-order valence-electron chi connectivity index (χ0n) is 19.7. The number of amides is 1. The molecule has 1 aliphatic heterocycles. The Kier molecular flexibility index (Phi) is 6.35.